The molecular formula is C15H11ClF2O2. The van der Waals surface area contributed by atoms with Crippen LogP contribution in [0.25, 0.3) is 0 Å². The molecule has 104 valence electrons. The van der Waals surface area contributed by atoms with E-state index < -0.39 is 23.5 Å². The van der Waals surface area contributed by atoms with Crippen molar-refractivity contribution in [2.24, 2.45) is 0 Å². The molecule has 2 nitrogen and oxygen atoms in total. The number of rotatable bonds is 4. The zero-order chi connectivity index (χ0) is 14.7. The molecule has 1 atom stereocenters. The van der Waals surface area contributed by atoms with Crippen LogP contribution < -0.4 is 4.74 Å². The van der Waals surface area contributed by atoms with Crippen molar-refractivity contribution >= 4 is 17.4 Å². The van der Waals surface area contributed by atoms with Crippen LogP contribution in [0.3, 0.4) is 0 Å². The van der Waals surface area contributed by atoms with Gasteiger partial charge in [0.25, 0.3) is 0 Å². The van der Waals surface area contributed by atoms with Gasteiger partial charge in [-0.05, 0) is 43.3 Å². The smallest absolute Gasteiger partial charge is 0.205 e. The fourth-order valence-corrected chi connectivity index (χ4v) is 1.81. The van der Waals surface area contributed by atoms with Gasteiger partial charge in [0.1, 0.15) is 17.4 Å². The molecule has 1 unspecified atom stereocenters. The highest BCUT2D eigenvalue weighted by Crippen LogP contribution is 2.19. The van der Waals surface area contributed by atoms with Crippen molar-refractivity contribution in [2.45, 2.75) is 13.0 Å². The van der Waals surface area contributed by atoms with Crippen LogP contribution in [0.15, 0.2) is 42.5 Å². The van der Waals surface area contributed by atoms with E-state index >= 15 is 0 Å². The largest absolute Gasteiger partial charge is 0.483 e. The van der Waals surface area contributed by atoms with Gasteiger partial charge in [-0.25, -0.2) is 8.78 Å². The fourth-order valence-electron chi connectivity index (χ4n) is 1.68. The predicted molar refractivity (Wildman–Crippen MR) is 72.2 cm³/mol. The molecule has 2 aromatic rings. The standard InChI is InChI=1S/C15H11ClF2O2/c1-9(20-12-5-2-10(16)3-6-12)15(19)13-7-4-11(17)8-14(13)18/h2-9H,1H3. The molecule has 0 aliphatic heterocycles. The Bertz CT molecular complexity index is 626. The SMILES string of the molecule is CC(Oc1ccc(Cl)cc1)C(=O)c1ccc(F)cc1F. The molecule has 0 fully saturated rings. The second kappa shape index (κ2) is 6.01. The lowest BCUT2D eigenvalue weighted by molar-refractivity contribution is 0.0813. The van der Waals surface area contributed by atoms with E-state index in [0.717, 1.165) is 12.1 Å². The van der Waals surface area contributed by atoms with Gasteiger partial charge in [0.15, 0.2) is 6.10 Å². The number of ether oxygens (including phenoxy) is 1. The normalized spacial score (nSPS) is 12.0. The van der Waals surface area contributed by atoms with Crippen LogP contribution >= 0.6 is 11.6 Å². The van der Waals surface area contributed by atoms with Crippen LogP contribution in [0, 0.1) is 11.6 Å². The number of hydrogen-bond acceptors (Lipinski definition) is 2. The quantitative estimate of drug-likeness (QED) is 0.788. The second-order valence-electron chi connectivity index (χ2n) is 4.20. The summed E-state index contributed by atoms with van der Waals surface area (Å²) in [4.78, 5) is 12.0. The Morgan fingerprint density at radius 3 is 2.40 bits per heavy atom. The maximum atomic E-state index is 13.5. The summed E-state index contributed by atoms with van der Waals surface area (Å²) in [7, 11) is 0. The number of carbonyl (C=O) groups is 1. The Hall–Kier alpha value is -1.94. The number of benzene rings is 2. The van der Waals surface area contributed by atoms with E-state index in [1.54, 1.807) is 24.3 Å². The Balaban J connectivity index is 2.14. The molecule has 5 heteroatoms. The monoisotopic (exact) mass is 296 g/mol. The highest BCUT2D eigenvalue weighted by Gasteiger charge is 2.20. The third-order valence-electron chi connectivity index (χ3n) is 2.69. The molecule has 0 heterocycles. The number of hydrogen-bond donors (Lipinski definition) is 0. The van der Waals surface area contributed by atoms with Crippen LogP contribution in [0.2, 0.25) is 5.02 Å². The zero-order valence-electron chi connectivity index (χ0n) is 10.6. The van der Waals surface area contributed by atoms with Gasteiger partial charge in [0, 0.05) is 11.1 Å². The first-order chi connectivity index (χ1) is 9.47. The number of carbonyl (C=O) groups excluding carboxylic acids is 1. The van der Waals surface area contributed by atoms with E-state index in [9.17, 15) is 13.6 Å². The van der Waals surface area contributed by atoms with Gasteiger partial charge < -0.3 is 4.74 Å². The van der Waals surface area contributed by atoms with Crippen LogP contribution in [0.4, 0.5) is 8.78 Å². The molecule has 0 saturated heterocycles. The molecule has 0 spiro atoms. The van der Waals surface area contributed by atoms with E-state index in [0.29, 0.717) is 16.8 Å². The van der Waals surface area contributed by atoms with Crippen LogP contribution in [0.1, 0.15) is 17.3 Å². The lowest BCUT2D eigenvalue weighted by atomic mass is 10.1. The average Bonchev–Trinajstić information content (AvgIpc) is 2.40. The predicted octanol–water partition coefficient (Wildman–Crippen LogP) is 4.27. The van der Waals surface area contributed by atoms with E-state index in [1.165, 1.54) is 6.92 Å². The summed E-state index contributed by atoms with van der Waals surface area (Å²) in [6.07, 6.45) is -0.892. The summed E-state index contributed by atoms with van der Waals surface area (Å²) >= 11 is 5.73. The zero-order valence-corrected chi connectivity index (χ0v) is 11.3. The van der Waals surface area contributed by atoms with Crippen molar-refractivity contribution < 1.29 is 18.3 Å². The first-order valence-corrected chi connectivity index (χ1v) is 6.26. The summed E-state index contributed by atoms with van der Waals surface area (Å²) in [6, 6.07) is 9.25. The Labute approximate surface area is 119 Å². The molecule has 0 N–H and O–H groups in total. The Morgan fingerprint density at radius 2 is 1.80 bits per heavy atom. The summed E-state index contributed by atoms with van der Waals surface area (Å²) in [5.74, 6) is -1.75. The molecule has 2 rings (SSSR count). The van der Waals surface area contributed by atoms with Crippen LogP contribution in [-0.2, 0) is 0 Å². The first-order valence-electron chi connectivity index (χ1n) is 5.89. The molecule has 0 aliphatic carbocycles. The second-order valence-corrected chi connectivity index (χ2v) is 4.64. The third-order valence-corrected chi connectivity index (χ3v) is 2.94. The van der Waals surface area contributed by atoms with Gasteiger partial charge in [-0.15, -0.1) is 0 Å². The van der Waals surface area contributed by atoms with Crippen molar-refractivity contribution in [2.75, 3.05) is 0 Å². The lowest BCUT2D eigenvalue weighted by Gasteiger charge is -2.14. The van der Waals surface area contributed by atoms with Crippen molar-refractivity contribution in [3.05, 3.63) is 64.7 Å². The molecule has 0 aliphatic rings. The Kier molecular flexibility index (Phi) is 4.35. The van der Waals surface area contributed by atoms with Crippen molar-refractivity contribution in [1.82, 2.24) is 0 Å². The minimum Gasteiger partial charge on any atom is -0.483 e. The van der Waals surface area contributed by atoms with E-state index in [1.807, 2.05) is 0 Å². The molecule has 0 radical (unpaired) electrons. The summed E-state index contributed by atoms with van der Waals surface area (Å²) in [5, 5.41) is 0.543. The summed E-state index contributed by atoms with van der Waals surface area (Å²) < 4.78 is 31.7. The maximum Gasteiger partial charge on any atom is 0.205 e. The summed E-state index contributed by atoms with van der Waals surface area (Å²) in [5.41, 5.74) is -0.201. The Morgan fingerprint density at radius 1 is 1.15 bits per heavy atom. The number of halogens is 3. The van der Waals surface area contributed by atoms with E-state index in [-0.39, 0.29) is 5.56 Å². The molecular weight excluding hydrogens is 286 g/mol. The minimum absolute atomic E-state index is 0.201. The van der Waals surface area contributed by atoms with Gasteiger partial charge in [0.05, 0.1) is 5.56 Å². The van der Waals surface area contributed by atoms with Gasteiger partial charge in [-0.1, -0.05) is 11.6 Å². The molecule has 20 heavy (non-hydrogen) atoms. The highest BCUT2D eigenvalue weighted by atomic mass is 35.5. The van der Waals surface area contributed by atoms with Crippen molar-refractivity contribution in [3.63, 3.8) is 0 Å². The molecule has 2 aromatic carbocycles. The minimum atomic E-state index is -0.901. The van der Waals surface area contributed by atoms with Crippen LogP contribution in [-0.4, -0.2) is 11.9 Å². The van der Waals surface area contributed by atoms with Gasteiger partial charge >= 0.3 is 0 Å². The maximum absolute atomic E-state index is 13.5. The van der Waals surface area contributed by atoms with Crippen molar-refractivity contribution in [1.29, 1.82) is 0 Å². The average molecular weight is 297 g/mol. The third kappa shape index (κ3) is 3.33. The number of Topliss-reactive ketones (excluding diaryl/α,β-unsaturated/α-hetero) is 1. The number of ketones is 1. The van der Waals surface area contributed by atoms with E-state index in [4.69, 9.17) is 16.3 Å². The topological polar surface area (TPSA) is 26.3 Å². The molecule has 0 saturated carbocycles. The lowest BCUT2D eigenvalue weighted by Crippen LogP contribution is -2.24. The highest BCUT2D eigenvalue weighted by molar-refractivity contribution is 6.30. The van der Waals surface area contributed by atoms with Crippen molar-refractivity contribution in [3.8, 4) is 5.75 Å². The fraction of sp³-hybridized carbons (Fsp3) is 0.133. The molecule has 0 amide bonds. The van der Waals surface area contributed by atoms with Gasteiger partial charge in [-0.3, -0.25) is 4.79 Å². The molecule has 0 aromatic heterocycles. The summed E-state index contributed by atoms with van der Waals surface area (Å²) in [6.45, 7) is 1.50. The van der Waals surface area contributed by atoms with Gasteiger partial charge in [0.2, 0.25) is 5.78 Å². The first kappa shape index (κ1) is 14.5. The van der Waals surface area contributed by atoms with Crippen LogP contribution in [0.5, 0.6) is 5.75 Å². The molecule has 0 bridgehead atoms. The van der Waals surface area contributed by atoms with E-state index in [2.05, 4.69) is 0 Å². The van der Waals surface area contributed by atoms with Gasteiger partial charge in [-0.2, -0.15) is 0 Å².